The van der Waals surface area contributed by atoms with Gasteiger partial charge in [0.15, 0.2) is 0 Å². The molecule has 1 fully saturated rings. The lowest BCUT2D eigenvalue weighted by Gasteiger charge is -2.10. The quantitative estimate of drug-likeness (QED) is 0.690. The van der Waals surface area contributed by atoms with E-state index in [2.05, 4.69) is 10.3 Å². The Morgan fingerprint density at radius 2 is 2.52 bits per heavy atom. The summed E-state index contributed by atoms with van der Waals surface area (Å²) in [5.41, 5.74) is 2.65. The summed E-state index contributed by atoms with van der Waals surface area (Å²) in [6.07, 6.45) is 7.10. The maximum absolute atomic E-state index is 12.2. The van der Waals surface area contributed by atoms with Gasteiger partial charge in [0.1, 0.15) is 17.3 Å². The molecule has 0 aromatic carbocycles. The molecule has 0 bridgehead atoms. The fraction of sp³-hybridized carbons (Fsp3) is 0.353. The van der Waals surface area contributed by atoms with Crippen LogP contribution in [0.2, 0.25) is 0 Å². The molecule has 3 heterocycles. The number of rotatable bonds is 4. The summed E-state index contributed by atoms with van der Waals surface area (Å²) in [6.45, 7) is 3.16. The molecule has 6 heteroatoms. The highest BCUT2D eigenvalue weighted by Crippen LogP contribution is 2.13. The number of aryl methyl sites for hydroxylation is 1. The average Bonchev–Trinajstić information content (AvgIpc) is 3.19. The fourth-order valence-electron chi connectivity index (χ4n) is 2.61. The van der Waals surface area contributed by atoms with Crippen molar-refractivity contribution in [3.8, 4) is 6.07 Å². The molecule has 1 amide bonds. The number of amides is 1. The van der Waals surface area contributed by atoms with Gasteiger partial charge in [-0.2, -0.15) is 5.26 Å². The third-order valence-corrected chi connectivity index (χ3v) is 3.87. The van der Waals surface area contributed by atoms with Crippen molar-refractivity contribution in [2.75, 3.05) is 13.2 Å². The number of ether oxygens (including phenoxy) is 1. The Hall–Kier alpha value is -2.65. The Balaban J connectivity index is 1.77. The smallest absolute Gasteiger partial charge is 0.262 e. The van der Waals surface area contributed by atoms with Crippen LogP contribution in [0.3, 0.4) is 0 Å². The van der Waals surface area contributed by atoms with Gasteiger partial charge in [0.2, 0.25) is 0 Å². The monoisotopic (exact) mass is 310 g/mol. The molecule has 0 saturated carbocycles. The first-order chi connectivity index (χ1) is 11.2. The van der Waals surface area contributed by atoms with Crippen LogP contribution < -0.4 is 5.32 Å². The molecule has 2 aromatic rings. The summed E-state index contributed by atoms with van der Waals surface area (Å²) >= 11 is 0. The minimum atomic E-state index is -0.384. The highest BCUT2D eigenvalue weighted by molar-refractivity contribution is 6.01. The SMILES string of the molecule is Cc1ccn2c(/C=C(\C#N)C(=O)NC[C@H]3CCCO3)cnc2c1. The van der Waals surface area contributed by atoms with E-state index in [0.717, 1.165) is 30.7 Å². The van der Waals surface area contributed by atoms with Gasteiger partial charge in [0, 0.05) is 19.3 Å². The number of nitrogens with one attached hydrogen (secondary N) is 1. The standard InChI is InChI=1S/C17H18N4O2/c1-12-4-5-21-14(10-19-16(21)7-12)8-13(9-18)17(22)20-11-15-3-2-6-23-15/h4-5,7-8,10,15H,2-3,6,11H2,1H3,(H,20,22)/b13-8+/t15-/m1/s1. The number of nitrogens with zero attached hydrogens (tertiary/aromatic N) is 3. The maximum atomic E-state index is 12.2. The van der Waals surface area contributed by atoms with Crippen LogP contribution in [0.4, 0.5) is 0 Å². The van der Waals surface area contributed by atoms with E-state index in [9.17, 15) is 10.1 Å². The van der Waals surface area contributed by atoms with Gasteiger partial charge in [-0.15, -0.1) is 0 Å². The maximum Gasteiger partial charge on any atom is 0.262 e. The van der Waals surface area contributed by atoms with E-state index < -0.39 is 0 Å². The average molecular weight is 310 g/mol. The molecule has 0 aliphatic carbocycles. The molecule has 0 unspecified atom stereocenters. The van der Waals surface area contributed by atoms with Crippen LogP contribution in [0.1, 0.15) is 24.1 Å². The number of fused-ring (bicyclic) bond motifs is 1. The Morgan fingerprint density at radius 1 is 1.65 bits per heavy atom. The molecule has 1 saturated heterocycles. The van der Waals surface area contributed by atoms with E-state index in [-0.39, 0.29) is 17.6 Å². The van der Waals surface area contributed by atoms with Crippen LogP contribution in [0.25, 0.3) is 11.7 Å². The number of imidazole rings is 1. The molecular formula is C17H18N4O2. The number of hydrogen-bond donors (Lipinski definition) is 1. The van der Waals surface area contributed by atoms with Gasteiger partial charge in [-0.25, -0.2) is 4.98 Å². The number of carbonyl (C=O) groups is 1. The zero-order valence-corrected chi connectivity index (χ0v) is 13.0. The summed E-state index contributed by atoms with van der Waals surface area (Å²) in [7, 11) is 0. The fourth-order valence-corrected chi connectivity index (χ4v) is 2.61. The van der Waals surface area contributed by atoms with Gasteiger partial charge in [0.05, 0.1) is 18.0 Å². The molecule has 6 nitrogen and oxygen atoms in total. The first-order valence-electron chi connectivity index (χ1n) is 7.62. The lowest BCUT2D eigenvalue weighted by molar-refractivity contribution is -0.117. The first kappa shape index (κ1) is 15.3. The molecule has 1 N–H and O–H groups in total. The Labute approximate surface area is 134 Å². The van der Waals surface area contributed by atoms with Gasteiger partial charge >= 0.3 is 0 Å². The van der Waals surface area contributed by atoms with Crippen LogP contribution in [-0.2, 0) is 9.53 Å². The van der Waals surface area contributed by atoms with Crippen LogP contribution in [0.15, 0.2) is 30.1 Å². The molecule has 3 rings (SSSR count). The van der Waals surface area contributed by atoms with Crippen molar-refractivity contribution in [1.29, 1.82) is 5.26 Å². The highest BCUT2D eigenvalue weighted by Gasteiger charge is 2.17. The number of nitriles is 1. The highest BCUT2D eigenvalue weighted by atomic mass is 16.5. The number of pyridine rings is 1. The normalized spacial score (nSPS) is 18.1. The molecule has 2 aromatic heterocycles. The van der Waals surface area contributed by atoms with Gasteiger partial charge in [-0.1, -0.05) is 0 Å². The number of hydrogen-bond acceptors (Lipinski definition) is 4. The number of carbonyl (C=O) groups excluding carboxylic acids is 1. The van der Waals surface area contributed by atoms with Gasteiger partial charge in [-0.3, -0.25) is 4.79 Å². The lowest BCUT2D eigenvalue weighted by atomic mass is 10.2. The van der Waals surface area contributed by atoms with Crippen molar-refractivity contribution in [3.63, 3.8) is 0 Å². The van der Waals surface area contributed by atoms with Crippen molar-refractivity contribution >= 4 is 17.6 Å². The second-order valence-electron chi connectivity index (χ2n) is 5.63. The van der Waals surface area contributed by atoms with Crippen molar-refractivity contribution in [3.05, 3.63) is 41.4 Å². The van der Waals surface area contributed by atoms with E-state index in [1.165, 1.54) is 0 Å². The van der Waals surface area contributed by atoms with Gasteiger partial charge < -0.3 is 14.5 Å². The first-order valence-corrected chi connectivity index (χ1v) is 7.62. The Kier molecular flexibility index (Phi) is 4.40. The third-order valence-electron chi connectivity index (χ3n) is 3.87. The van der Waals surface area contributed by atoms with Crippen molar-refractivity contribution in [2.24, 2.45) is 0 Å². The second kappa shape index (κ2) is 6.63. The van der Waals surface area contributed by atoms with E-state index in [1.54, 1.807) is 12.3 Å². The molecule has 1 aliphatic rings. The predicted molar refractivity (Wildman–Crippen MR) is 85.5 cm³/mol. The van der Waals surface area contributed by atoms with Crippen LogP contribution >= 0.6 is 0 Å². The minimum Gasteiger partial charge on any atom is -0.376 e. The summed E-state index contributed by atoms with van der Waals surface area (Å²) in [4.78, 5) is 16.5. The zero-order chi connectivity index (χ0) is 16.2. The van der Waals surface area contributed by atoms with Gasteiger partial charge in [0.25, 0.3) is 5.91 Å². The second-order valence-corrected chi connectivity index (χ2v) is 5.63. The summed E-state index contributed by atoms with van der Waals surface area (Å²) < 4.78 is 7.31. The van der Waals surface area contributed by atoms with E-state index in [1.807, 2.05) is 35.7 Å². The van der Waals surface area contributed by atoms with Crippen LogP contribution in [0, 0.1) is 18.3 Å². The molecule has 23 heavy (non-hydrogen) atoms. The van der Waals surface area contributed by atoms with E-state index in [0.29, 0.717) is 12.2 Å². The number of aromatic nitrogens is 2. The van der Waals surface area contributed by atoms with Crippen molar-refractivity contribution in [1.82, 2.24) is 14.7 Å². The van der Waals surface area contributed by atoms with Crippen LogP contribution in [0.5, 0.6) is 0 Å². The molecule has 1 aliphatic heterocycles. The Morgan fingerprint density at radius 3 is 3.26 bits per heavy atom. The van der Waals surface area contributed by atoms with E-state index >= 15 is 0 Å². The van der Waals surface area contributed by atoms with Gasteiger partial charge in [-0.05, 0) is 43.5 Å². The molecular weight excluding hydrogens is 292 g/mol. The molecule has 1 atom stereocenters. The predicted octanol–water partition coefficient (Wildman–Crippen LogP) is 1.84. The zero-order valence-electron chi connectivity index (χ0n) is 13.0. The summed E-state index contributed by atoms with van der Waals surface area (Å²) in [5, 5.41) is 12.0. The van der Waals surface area contributed by atoms with Crippen LogP contribution in [-0.4, -0.2) is 34.5 Å². The third kappa shape index (κ3) is 3.41. The summed E-state index contributed by atoms with van der Waals surface area (Å²) in [6, 6.07) is 5.86. The van der Waals surface area contributed by atoms with E-state index in [4.69, 9.17) is 4.74 Å². The Bertz CT molecular complexity index is 795. The lowest BCUT2D eigenvalue weighted by Crippen LogP contribution is -2.32. The molecule has 118 valence electrons. The minimum absolute atomic E-state index is 0.0534. The van der Waals surface area contributed by atoms with Crippen molar-refractivity contribution in [2.45, 2.75) is 25.9 Å². The van der Waals surface area contributed by atoms with Crippen molar-refractivity contribution < 1.29 is 9.53 Å². The largest absolute Gasteiger partial charge is 0.376 e. The molecule has 0 spiro atoms. The topological polar surface area (TPSA) is 79.4 Å². The molecule has 0 radical (unpaired) electrons. The summed E-state index contributed by atoms with van der Waals surface area (Å²) in [5.74, 6) is -0.384.